The third kappa shape index (κ3) is 3.56. The summed E-state index contributed by atoms with van der Waals surface area (Å²) in [5, 5.41) is 5.66. The molecule has 0 fully saturated rings. The van der Waals surface area contributed by atoms with Gasteiger partial charge in [0, 0.05) is 22.8 Å². The summed E-state index contributed by atoms with van der Waals surface area (Å²) in [4.78, 5) is 20.9. The van der Waals surface area contributed by atoms with E-state index in [2.05, 4.69) is 15.3 Å². The van der Waals surface area contributed by atoms with Gasteiger partial charge in [-0.15, -0.1) is 11.3 Å². The molecule has 3 heterocycles. The molecule has 0 saturated carbocycles. The first-order valence-electron chi connectivity index (χ1n) is 8.67. The Balaban J connectivity index is 1.95. The number of nitrogens with one attached hydrogen (secondary N) is 1. The van der Waals surface area contributed by atoms with E-state index in [1.165, 1.54) is 24.6 Å². The molecule has 9 heteroatoms. The molecule has 0 amide bonds. The van der Waals surface area contributed by atoms with Crippen LogP contribution in [-0.2, 0) is 16.0 Å². The van der Waals surface area contributed by atoms with E-state index < -0.39 is 5.82 Å². The molecule has 0 radical (unpaired) electrons. The van der Waals surface area contributed by atoms with Gasteiger partial charge in [-0.25, -0.2) is 9.37 Å². The van der Waals surface area contributed by atoms with E-state index in [1.54, 1.807) is 16.5 Å². The first-order valence-corrected chi connectivity index (χ1v) is 9.93. The van der Waals surface area contributed by atoms with Crippen LogP contribution >= 0.6 is 22.9 Å². The van der Waals surface area contributed by atoms with Gasteiger partial charge in [0.1, 0.15) is 11.5 Å². The van der Waals surface area contributed by atoms with Crippen molar-refractivity contribution in [2.75, 3.05) is 12.4 Å². The molecule has 0 unspecified atom stereocenters. The number of hydrogen-bond donors (Lipinski definition) is 1. The van der Waals surface area contributed by atoms with Crippen LogP contribution in [0.5, 0.6) is 0 Å². The minimum absolute atomic E-state index is 0.0569. The molecule has 1 aromatic carbocycles. The Labute approximate surface area is 174 Å². The number of aryl methyl sites for hydroxylation is 1. The van der Waals surface area contributed by atoms with Crippen LogP contribution in [0, 0.1) is 12.7 Å². The van der Waals surface area contributed by atoms with Gasteiger partial charge in [-0.3, -0.25) is 14.2 Å². The average Bonchev–Trinajstić information content (AvgIpc) is 3.25. The van der Waals surface area contributed by atoms with Crippen molar-refractivity contribution in [3.8, 4) is 11.3 Å². The number of ether oxygens (including phenoxy) is 1. The normalized spacial score (nSPS) is 11.0. The minimum atomic E-state index is -0.494. The van der Waals surface area contributed by atoms with Crippen LogP contribution in [0.3, 0.4) is 0 Å². The molecule has 4 aromatic rings. The standard InChI is InChI=1S/C20H16ClFN4O2S/c1-11-4-3-5-14(21)17(11)24-19-18(13-6-7-23-9-15(13)22)25-20-26(19)12(10-29-20)8-16(27)28-2/h3-7,9-10,24H,8H2,1-2H3. The van der Waals surface area contributed by atoms with Crippen LogP contribution in [0.4, 0.5) is 15.9 Å². The van der Waals surface area contributed by atoms with E-state index in [0.29, 0.717) is 38.4 Å². The number of aromatic nitrogens is 3. The summed E-state index contributed by atoms with van der Waals surface area (Å²) < 4.78 is 21.1. The number of rotatable bonds is 5. The van der Waals surface area contributed by atoms with Crippen LogP contribution in [0.15, 0.2) is 42.0 Å². The maximum absolute atomic E-state index is 14.5. The number of imidazole rings is 1. The maximum atomic E-state index is 14.5. The monoisotopic (exact) mass is 430 g/mol. The molecule has 4 rings (SSSR count). The van der Waals surface area contributed by atoms with Gasteiger partial charge in [0.2, 0.25) is 0 Å². The summed E-state index contributed by atoms with van der Waals surface area (Å²) in [7, 11) is 1.34. The Morgan fingerprint density at radius 1 is 1.38 bits per heavy atom. The summed E-state index contributed by atoms with van der Waals surface area (Å²) >= 11 is 7.75. The van der Waals surface area contributed by atoms with E-state index in [4.69, 9.17) is 16.3 Å². The van der Waals surface area contributed by atoms with Crippen molar-refractivity contribution in [2.45, 2.75) is 13.3 Å². The van der Waals surface area contributed by atoms with Crippen molar-refractivity contribution < 1.29 is 13.9 Å². The predicted molar refractivity (Wildman–Crippen MR) is 111 cm³/mol. The van der Waals surface area contributed by atoms with Gasteiger partial charge in [0.05, 0.1) is 30.4 Å². The van der Waals surface area contributed by atoms with Gasteiger partial charge in [0.15, 0.2) is 10.8 Å². The fourth-order valence-electron chi connectivity index (χ4n) is 3.04. The number of para-hydroxylation sites is 1. The van der Waals surface area contributed by atoms with Crippen LogP contribution in [-0.4, -0.2) is 27.4 Å². The highest BCUT2D eigenvalue weighted by atomic mass is 35.5. The number of carbonyl (C=O) groups is 1. The lowest BCUT2D eigenvalue weighted by Gasteiger charge is -2.13. The molecule has 0 bridgehead atoms. The molecule has 3 aromatic heterocycles. The van der Waals surface area contributed by atoms with Gasteiger partial charge in [-0.05, 0) is 24.6 Å². The number of fused-ring (bicyclic) bond motifs is 1. The number of nitrogens with zero attached hydrogens (tertiary/aromatic N) is 3. The third-order valence-corrected chi connectivity index (χ3v) is 5.67. The average molecular weight is 431 g/mol. The molecule has 0 saturated heterocycles. The first-order chi connectivity index (χ1) is 14.0. The molecule has 148 valence electrons. The number of benzene rings is 1. The fraction of sp³-hybridized carbons (Fsp3) is 0.150. The number of methoxy groups -OCH3 is 1. The maximum Gasteiger partial charge on any atom is 0.311 e. The van der Waals surface area contributed by atoms with E-state index in [0.717, 1.165) is 11.8 Å². The second kappa shape index (κ2) is 7.81. The quantitative estimate of drug-likeness (QED) is 0.450. The van der Waals surface area contributed by atoms with Crippen molar-refractivity contribution in [3.63, 3.8) is 0 Å². The number of thiazole rings is 1. The molecule has 0 spiro atoms. The lowest BCUT2D eigenvalue weighted by atomic mass is 10.1. The number of halogens is 2. The number of pyridine rings is 1. The summed E-state index contributed by atoms with van der Waals surface area (Å²) in [6.45, 7) is 1.92. The number of carbonyl (C=O) groups excluding carboxylic acids is 1. The van der Waals surface area contributed by atoms with Gasteiger partial charge in [-0.2, -0.15) is 0 Å². The fourth-order valence-corrected chi connectivity index (χ4v) is 4.20. The third-order valence-electron chi connectivity index (χ3n) is 4.48. The van der Waals surface area contributed by atoms with E-state index in [1.807, 2.05) is 24.4 Å². The second-order valence-electron chi connectivity index (χ2n) is 6.32. The Morgan fingerprint density at radius 3 is 2.93 bits per heavy atom. The first kappa shape index (κ1) is 19.4. The van der Waals surface area contributed by atoms with Gasteiger partial charge in [-0.1, -0.05) is 23.7 Å². The van der Waals surface area contributed by atoms with Crippen LogP contribution < -0.4 is 5.32 Å². The predicted octanol–water partition coefficient (Wildman–Crippen LogP) is 5.02. The highest BCUT2D eigenvalue weighted by molar-refractivity contribution is 7.15. The van der Waals surface area contributed by atoms with Gasteiger partial charge >= 0.3 is 5.97 Å². The molecule has 1 N–H and O–H groups in total. The number of esters is 1. The zero-order valence-corrected chi connectivity index (χ0v) is 17.1. The zero-order chi connectivity index (χ0) is 20.5. The lowest BCUT2D eigenvalue weighted by molar-refractivity contribution is -0.139. The largest absolute Gasteiger partial charge is 0.469 e. The number of anilines is 2. The Kier molecular flexibility index (Phi) is 5.21. The van der Waals surface area contributed by atoms with E-state index in [-0.39, 0.29) is 12.4 Å². The van der Waals surface area contributed by atoms with Crippen molar-refractivity contribution in [3.05, 3.63) is 64.1 Å². The smallest absolute Gasteiger partial charge is 0.311 e. The SMILES string of the molecule is COC(=O)Cc1csc2nc(-c3ccncc3F)c(Nc3c(C)cccc3Cl)n12. The molecule has 0 atom stereocenters. The summed E-state index contributed by atoms with van der Waals surface area (Å²) in [5.74, 6) is -0.358. The highest BCUT2D eigenvalue weighted by Gasteiger charge is 2.22. The molecule has 6 nitrogen and oxygen atoms in total. The Morgan fingerprint density at radius 2 is 2.21 bits per heavy atom. The second-order valence-corrected chi connectivity index (χ2v) is 7.56. The lowest BCUT2D eigenvalue weighted by Crippen LogP contribution is -2.08. The summed E-state index contributed by atoms with van der Waals surface area (Å²) in [6.07, 6.45) is 2.70. The zero-order valence-electron chi connectivity index (χ0n) is 15.6. The van der Waals surface area contributed by atoms with Crippen LogP contribution in [0.25, 0.3) is 16.2 Å². The summed E-state index contributed by atoms with van der Waals surface area (Å²) in [5.41, 5.74) is 2.98. The topological polar surface area (TPSA) is 68.5 Å². The number of hydrogen-bond acceptors (Lipinski definition) is 6. The van der Waals surface area contributed by atoms with Crippen molar-refractivity contribution in [1.29, 1.82) is 0 Å². The minimum Gasteiger partial charge on any atom is -0.469 e. The highest BCUT2D eigenvalue weighted by Crippen LogP contribution is 2.37. The van der Waals surface area contributed by atoms with Crippen molar-refractivity contribution in [1.82, 2.24) is 14.4 Å². The molecular weight excluding hydrogens is 415 g/mol. The Hall–Kier alpha value is -2.97. The molecule has 0 aliphatic carbocycles. The van der Waals surface area contributed by atoms with Crippen molar-refractivity contribution >= 4 is 45.4 Å². The molecule has 29 heavy (non-hydrogen) atoms. The van der Waals surface area contributed by atoms with E-state index >= 15 is 0 Å². The van der Waals surface area contributed by atoms with Crippen LogP contribution in [0.1, 0.15) is 11.3 Å². The summed E-state index contributed by atoms with van der Waals surface area (Å²) in [6, 6.07) is 7.10. The molecule has 0 aliphatic heterocycles. The van der Waals surface area contributed by atoms with E-state index in [9.17, 15) is 9.18 Å². The van der Waals surface area contributed by atoms with Gasteiger partial charge in [0.25, 0.3) is 0 Å². The Bertz CT molecular complexity index is 1200. The molecular formula is C20H16ClFN4O2S. The molecule has 0 aliphatic rings. The van der Waals surface area contributed by atoms with Gasteiger partial charge < -0.3 is 10.1 Å². The van der Waals surface area contributed by atoms with Crippen LogP contribution in [0.2, 0.25) is 5.02 Å². The van der Waals surface area contributed by atoms with Crippen molar-refractivity contribution in [2.24, 2.45) is 0 Å².